The third-order valence-electron chi connectivity index (χ3n) is 3.76. The standard InChI is InChI=1S/C16H19N3S/c1-3-19-9-8-18-16(19)10-14(17-2)13-11-20-15-7-5-4-6-12(13)15/h4-9,11,14,17H,3,10H2,1-2H3. The third-order valence-corrected chi connectivity index (χ3v) is 4.75. The fourth-order valence-electron chi connectivity index (χ4n) is 2.64. The van der Waals surface area contributed by atoms with Gasteiger partial charge in [0.2, 0.25) is 0 Å². The second-order valence-corrected chi connectivity index (χ2v) is 5.77. The summed E-state index contributed by atoms with van der Waals surface area (Å²) in [5.41, 5.74) is 1.37. The summed E-state index contributed by atoms with van der Waals surface area (Å²) in [6.07, 6.45) is 4.85. The molecule has 3 rings (SSSR count). The van der Waals surface area contributed by atoms with E-state index >= 15 is 0 Å². The van der Waals surface area contributed by atoms with Crippen molar-refractivity contribution < 1.29 is 0 Å². The Balaban J connectivity index is 1.94. The summed E-state index contributed by atoms with van der Waals surface area (Å²) in [7, 11) is 2.02. The zero-order valence-electron chi connectivity index (χ0n) is 11.8. The van der Waals surface area contributed by atoms with E-state index < -0.39 is 0 Å². The molecule has 0 bridgehead atoms. The molecule has 0 aliphatic rings. The fraction of sp³-hybridized carbons (Fsp3) is 0.312. The lowest BCUT2D eigenvalue weighted by Crippen LogP contribution is -2.20. The van der Waals surface area contributed by atoms with E-state index in [0.29, 0.717) is 6.04 Å². The van der Waals surface area contributed by atoms with E-state index in [1.54, 1.807) is 0 Å². The van der Waals surface area contributed by atoms with Crippen LogP contribution in [0.15, 0.2) is 42.0 Å². The van der Waals surface area contributed by atoms with Crippen LogP contribution in [0.3, 0.4) is 0 Å². The molecule has 0 radical (unpaired) electrons. The van der Waals surface area contributed by atoms with Crippen LogP contribution >= 0.6 is 11.3 Å². The number of hydrogen-bond acceptors (Lipinski definition) is 3. The van der Waals surface area contributed by atoms with Crippen molar-refractivity contribution in [1.29, 1.82) is 0 Å². The van der Waals surface area contributed by atoms with Crippen LogP contribution in [0, 0.1) is 0 Å². The summed E-state index contributed by atoms with van der Waals surface area (Å²) in [6, 6.07) is 8.90. The minimum atomic E-state index is 0.304. The van der Waals surface area contributed by atoms with Gasteiger partial charge in [0.1, 0.15) is 5.82 Å². The highest BCUT2D eigenvalue weighted by Crippen LogP contribution is 2.31. The first-order valence-corrected chi connectivity index (χ1v) is 7.84. The van der Waals surface area contributed by atoms with Gasteiger partial charge in [-0.1, -0.05) is 18.2 Å². The Bertz CT molecular complexity index is 698. The summed E-state index contributed by atoms with van der Waals surface area (Å²) in [5.74, 6) is 1.14. The number of fused-ring (bicyclic) bond motifs is 1. The van der Waals surface area contributed by atoms with Crippen LogP contribution in [0.1, 0.15) is 24.4 Å². The maximum absolute atomic E-state index is 4.49. The van der Waals surface area contributed by atoms with Crippen molar-refractivity contribution in [3.05, 3.63) is 53.4 Å². The first-order chi connectivity index (χ1) is 9.83. The van der Waals surface area contributed by atoms with E-state index in [4.69, 9.17) is 0 Å². The number of aromatic nitrogens is 2. The van der Waals surface area contributed by atoms with Gasteiger partial charge >= 0.3 is 0 Å². The molecule has 2 aromatic heterocycles. The first kappa shape index (κ1) is 13.3. The van der Waals surface area contributed by atoms with Gasteiger partial charge in [-0.05, 0) is 36.4 Å². The summed E-state index contributed by atoms with van der Waals surface area (Å²) in [5, 5.41) is 7.06. The number of nitrogens with one attached hydrogen (secondary N) is 1. The predicted molar refractivity (Wildman–Crippen MR) is 85.2 cm³/mol. The highest BCUT2D eigenvalue weighted by atomic mass is 32.1. The molecular formula is C16H19N3S. The quantitative estimate of drug-likeness (QED) is 0.776. The lowest BCUT2D eigenvalue weighted by Gasteiger charge is -2.16. The van der Waals surface area contributed by atoms with Crippen molar-refractivity contribution in [2.24, 2.45) is 0 Å². The Morgan fingerprint density at radius 1 is 1.35 bits per heavy atom. The van der Waals surface area contributed by atoms with Crippen LogP contribution in [0.4, 0.5) is 0 Å². The lowest BCUT2D eigenvalue weighted by molar-refractivity contribution is 0.557. The normalized spacial score (nSPS) is 12.9. The second-order valence-electron chi connectivity index (χ2n) is 4.86. The van der Waals surface area contributed by atoms with Gasteiger partial charge in [0, 0.05) is 36.1 Å². The number of thiophene rings is 1. The van der Waals surface area contributed by atoms with Gasteiger partial charge in [0.05, 0.1) is 0 Å². The van der Waals surface area contributed by atoms with E-state index in [0.717, 1.165) is 18.8 Å². The summed E-state index contributed by atoms with van der Waals surface area (Å²) < 4.78 is 3.56. The lowest BCUT2D eigenvalue weighted by atomic mass is 10.0. The highest BCUT2D eigenvalue weighted by Gasteiger charge is 2.16. The van der Waals surface area contributed by atoms with Crippen molar-refractivity contribution in [2.45, 2.75) is 25.9 Å². The molecule has 2 heterocycles. The number of rotatable bonds is 5. The van der Waals surface area contributed by atoms with Gasteiger partial charge in [0.25, 0.3) is 0 Å². The fourth-order valence-corrected chi connectivity index (χ4v) is 3.65. The number of likely N-dealkylation sites (N-methyl/N-ethyl adjacent to an activating group) is 1. The molecule has 0 amide bonds. The summed E-state index contributed by atoms with van der Waals surface area (Å²) in [4.78, 5) is 4.49. The molecule has 4 heteroatoms. The van der Waals surface area contributed by atoms with Crippen molar-refractivity contribution >= 4 is 21.4 Å². The Morgan fingerprint density at radius 3 is 3.00 bits per heavy atom. The maximum atomic E-state index is 4.49. The molecule has 1 aromatic carbocycles. The molecule has 0 fully saturated rings. The zero-order valence-corrected chi connectivity index (χ0v) is 12.7. The van der Waals surface area contributed by atoms with E-state index in [1.807, 2.05) is 30.8 Å². The molecule has 3 aromatic rings. The molecule has 20 heavy (non-hydrogen) atoms. The van der Waals surface area contributed by atoms with Crippen LogP contribution in [-0.2, 0) is 13.0 Å². The molecule has 0 saturated heterocycles. The van der Waals surface area contributed by atoms with Crippen LogP contribution < -0.4 is 5.32 Å². The molecule has 0 aliphatic carbocycles. The molecule has 1 atom stereocenters. The molecule has 0 saturated carbocycles. The number of nitrogens with zero attached hydrogens (tertiary/aromatic N) is 2. The molecule has 0 aliphatic heterocycles. The SMILES string of the molecule is CCn1ccnc1CC(NC)c1csc2ccccc12. The molecule has 0 spiro atoms. The topological polar surface area (TPSA) is 29.9 Å². The van der Waals surface area contributed by atoms with Gasteiger partial charge in [-0.2, -0.15) is 0 Å². The monoisotopic (exact) mass is 285 g/mol. The number of hydrogen-bond donors (Lipinski definition) is 1. The number of imidazole rings is 1. The molecule has 1 N–H and O–H groups in total. The molecule has 1 unspecified atom stereocenters. The zero-order chi connectivity index (χ0) is 13.9. The van der Waals surface area contributed by atoms with Gasteiger partial charge < -0.3 is 9.88 Å². The minimum Gasteiger partial charge on any atom is -0.335 e. The largest absolute Gasteiger partial charge is 0.335 e. The van der Waals surface area contributed by atoms with E-state index in [2.05, 4.69) is 51.4 Å². The highest BCUT2D eigenvalue weighted by molar-refractivity contribution is 7.17. The second kappa shape index (κ2) is 5.77. The number of aryl methyl sites for hydroxylation is 1. The third kappa shape index (κ3) is 2.37. The Hall–Kier alpha value is -1.65. The Kier molecular flexibility index (Phi) is 3.85. The molecule has 3 nitrogen and oxygen atoms in total. The predicted octanol–water partition coefficient (Wildman–Crippen LogP) is 3.62. The van der Waals surface area contributed by atoms with E-state index in [1.165, 1.54) is 15.6 Å². The Morgan fingerprint density at radius 2 is 2.20 bits per heavy atom. The minimum absolute atomic E-state index is 0.304. The van der Waals surface area contributed by atoms with E-state index in [-0.39, 0.29) is 0 Å². The van der Waals surface area contributed by atoms with Crippen molar-refractivity contribution in [2.75, 3.05) is 7.05 Å². The van der Waals surface area contributed by atoms with Crippen molar-refractivity contribution in [1.82, 2.24) is 14.9 Å². The molecule has 104 valence electrons. The summed E-state index contributed by atoms with van der Waals surface area (Å²) in [6.45, 7) is 3.12. The van der Waals surface area contributed by atoms with Crippen LogP contribution in [0.25, 0.3) is 10.1 Å². The van der Waals surface area contributed by atoms with Gasteiger partial charge in [-0.25, -0.2) is 4.98 Å². The van der Waals surface area contributed by atoms with Crippen LogP contribution in [-0.4, -0.2) is 16.6 Å². The average Bonchev–Trinajstić information content (AvgIpc) is 3.11. The van der Waals surface area contributed by atoms with Crippen LogP contribution in [0.5, 0.6) is 0 Å². The van der Waals surface area contributed by atoms with Gasteiger partial charge in [-0.3, -0.25) is 0 Å². The Labute approximate surface area is 123 Å². The summed E-state index contributed by atoms with van der Waals surface area (Å²) >= 11 is 1.81. The van der Waals surface area contributed by atoms with Crippen molar-refractivity contribution in [3.8, 4) is 0 Å². The maximum Gasteiger partial charge on any atom is 0.110 e. The van der Waals surface area contributed by atoms with E-state index in [9.17, 15) is 0 Å². The molecular weight excluding hydrogens is 266 g/mol. The van der Waals surface area contributed by atoms with Crippen LogP contribution in [0.2, 0.25) is 0 Å². The van der Waals surface area contributed by atoms with Gasteiger partial charge in [0.15, 0.2) is 0 Å². The van der Waals surface area contributed by atoms with Gasteiger partial charge in [-0.15, -0.1) is 11.3 Å². The van der Waals surface area contributed by atoms with Crippen molar-refractivity contribution in [3.63, 3.8) is 0 Å². The number of benzene rings is 1. The smallest absolute Gasteiger partial charge is 0.110 e. The average molecular weight is 285 g/mol. The first-order valence-electron chi connectivity index (χ1n) is 6.97.